The molecule has 3 aliphatic heterocycles. The van der Waals surface area contributed by atoms with Crippen molar-refractivity contribution in [3.05, 3.63) is 125 Å². The van der Waals surface area contributed by atoms with Gasteiger partial charge in [-0.15, -0.1) is 0 Å². The second kappa shape index (κ2) is 7.39. The SMILES string of the molecule is Cc1cc(C)c(B2c3cccc4[n+]3C(=C3c5ccccc5-c5cccc2[n+]53)Cc2ccccc2-4)c(C)c1. The van der Waals surface area contributed by atoms with E-state index in [4.69, 9.17) is 0 Å². The molecule has 0 bridgehead atoms. The number of nitrogens with zero attached hydrogens (tertiary/aromatic N) is 2. The molecule has 0 atom stereocenters. The molecule has 0 unspecified atom stereocenters. The number of allylic oxidation sites excluding steroid dienone is 1. The summed E-state index contributed by atoms with van der Waals surface area (Å²) >= 11 is 0. The number of fused-ring (bicyclic) bond motifs is 5. The van der Waals surface area contributed by atoms with Crippen LogP contribution in [0, 0.1) is 20.8 Å². The highest BCUT2D eigenvalue weighted by Gasteiger charge is 2.52. The lowest BCUT2D eigenvalue weighted by Crippen LogP contribution is -2.69. The van der Waals surface area contributed by atoms with E-state index in [1.54, 1.807) is 0 Å². The van der Waals surface area contributed by atoms with Gasteiger partial charge in [0.25, 0.3) is 11.4 Å². The molecule has 0 amide bonds. The van der Waals surface area contributed by atoms with Crippen LogP contribution in [0.1, 0.15) is 27.8 Å². The fourth-order valence-corrected chi connectivity index (χ4v) is 7.26. The Morgan fingerprint density at radius 2 is 1.19 bits per heavy atom. The highest BCUT2D eigenvalue weighted by Crippen LogP contribution is 2.38. The van der Waals surface area contributed by atoms with Gasteiger partial charge in [0.1, 0.15) is 0 Å². The Hall–Kier alpha value is -4.24. The van der Waals surface area contributed by atoms with E-state index in [-0.39, 0.29) is 6.71 Å². The van der Waals surface area contributed by atoms with E-state index in [1.165, 1.54) is 78.4 Å². The molecule has 0 spiro atoms. The lowest BCUT2D eigenvalue weighted by molar-refractivity contribution is -0.573. The van der Waals surface area contributed by atoms with Gasteiger partial charge in [-0.3, -0.25) is 0 Å². The van der Waals surface area contributed by atoms with Crippen LogP contribution < -0.4 is 25.8 Å². The van der Waals surface area contributed by atoms with Crippen LogP contribution in [-0.4, -0.2) is 6.71 Å². The molecule has 0 aliphatic carbocycles. The number of aryl methyl sites for hydroxylation is 3. The minimum atomic E-state index is 0.118. The molecular formula is C34H27BN2+2. The maximum Gasteiger partial charge on any atom is 0.407 e. The fourth-order valence-electron chi connectivity index (χ4n) is 7.26. The number of hydrogen-bond acceptors (Lipinski definition) is 0. The molecule has 2 aromatic heterocycles. The Morgan fingerprint density at radius 1 is 0.595 bits per heavy atom. The summed E-state index contributed by atoms with van der Waals surface area (Å²) in [5.41, 5.74) is 18.8. The third-order valence-corrected chi connectivity index (χ3v) is 8.53. The van der Waals surface area contributed by atoms with Crippen molar-refractivity contribution in [2.24, 2.45) is 0 Å². The molecule has 0 fully saturated rings. The topological polar surface area (TPSA) is 7.76 Å². The van der Waals surface area contributed by atoms with Crippen LogP contribution >= 0.6 is 0 Å². The van der Waals surface area contributed by atoms with Gasteiger partial charge >= 0.3 is 6.71 Å². The molecule has 0 saturated carbocycles. The Kier molecular flexibility index (Phi) is 4.18. The average Bonchev–Trinajstić information content (AvgIpc) is 3.18. The van der Waals surface area contributed by atoms with Gasteiger partial charge in [0, 0.05) is 12.1 Å². The predicted octanol–water partition coefficient (Wildman–Crippen LogP) is 4.09. The van der Waals surface area contributed by atoms with Crippen LogP contribution in [0.15, 0.2) is 97.1 Å². The number of pyridine rings is 2. The van der Waals surface area contributed by atoms with Gasteiger partial charge in [-0.25, -0.2) is 0 Å². The van der Waals surface area contributed by atoms with Gasteiger partial charge in [-0.1, -0.05) is 71.3 Å². The summed E-state index contributed by atoms with van der Waals surface area (Å²) < 4.78 is 5.17. The van der Waals surface area contributed by atoms with Gasteiger partial charge in [0.05, 0.1) is 23.1 Å². The maximum absolute atomic E-state index is 2.60. The first-order valence-corrected chi connectivity index (χ1v) is 13.2. The van der Waals surface area contributed by atoms with Crippen molar-refractivity contribution in [2.75, 3.05) is 0 Å². The molecule has 8 rings (SSSR count). The van der Waals surface area contributed by atoms with Crippen LogP contribution in [-0.2, 0) is 6.42 Å². The standard InChI is InChI=1S/C34H27BN2/c1-21-18-22(2)33(23(3)19-21)35-31-16-8-14-28-25-11-5-4-10-24(25)20-30(36(28)31)34-27-13-7-6-12-26(27)29-15-9-17-32(35)37(29)34/h4-19H,20H2,1-3H3/q+2. The van der Waals surface area contributed by atoms with Crippen LogP contribution in [0.25, 0.3) is 33.9 Å². The van der Waals surface area contributed by atoms with Crippen molar-refractivity contribution in [1.29, 1.82) is 0 Å². The van der Waals surface area contributed by atoms with Gasteiger partial charge in [0.2, 0.25) is 11.4 Å². The molecule has 37 heavy (non-hydrogen) atoms. The van der Waals surface area contributed by atoms with E-state index in [9.17, 15) is 0 Å². The van der Waals surface area contributed by atoms with Gasteiger partial charge in [0.15, 0.2) is 11.2 Å². The Labute approximate surface area is 218 Å². The summed E-state index contributed by atoms with van der Waals surface area (Å²) in [7, 11) is 0. The molecule has 174 valence electrons. The predicted molar refractivity (Wildman–Crippen MR) is 152 cm³/mol. The molecule has 3 aliphatic rings. The molecule has 0 N–H and O–H groups in total. The second-order valence-electron chi connectivity index (χ2n) is 10.8. The van der Waals surface area contributed by atoms with Crippen LogP contribution in [0.4, 0.5) is 0 Å². The first kappa shape index (κ1) is 20.9. The number of aromatic nitrogens is 2. The zero-order chi connectivity index (χ0) is 24.8. The molecule has 0 radical (unpaired) electrons. The first-order valence-electron chi connectivity index (χ1n) is 13.2. The molecule has 5 heterocycles. The minimum Gasteiger partial charge on any atom is -0.163 e. The largest absolute Gasteiger partial charge is 0.407 e. The summed E-state index contributed by atoms with van der Waals surface area (Å²) in [6.07, 6.45) is 0.911. The highest BCUT2D eigenvalue weighted by atomic mass is 15.1. The van der Waals surface area contributed by atoms with Crippen LogP contribution in [0.5, 0.6) is 0 Å². The summed E-state index contributed by atoms with van der Waals surface area (Å²) in [5, 5.41) is 0. The van der Waals surface area contributed by atoms with E-state index in [0.717, 1.165) is 6.42 Å². The smallest absolute Gasteiger partial charge is 0.163 e. The fraction of sp³-hybridized carbons (Fsp3) is 0.118. The van der Waals surface area contributed by atoms with E-state index in [1.807, 2.05) is 0 Å². The van der Waals surface area contributed by atoms with Gasteiger partial charge in [-0.05, 0) is 62.1 Å². The summed E-state index contributed by atoms with van der Waals surface area (Å²) in [4.78, 5) is 0. The van der Waals surface area contributed by atoms with E-state index in [0.29, 0.717) is 0 Å². The lowest BCUT2D eigenvalue weighted by atomic mass is 9.38. The zero-order valence-corrected chi connectivity index (χ0v) is 21.4. The van der Waals surface area contributed by atoms with Crippen molar-refractivity contribution in [2.45, 2.75) is 27.2 Å². The summed E-state index contributed by atoms with van der Waals surface area (Å²) in [5.74, 6) is 0. The van der Waals surface area contributed by atoms with Crippen molar-refractivity contribution in [3.63, 3.8) is 0 Å². The Morgan fingerprint density at radius 3 is 1.92 bits per heavy atom. The van der Waals surface area contributed by atoms with Gasteiger partial charge < -0.3 is 0 Å². The molecular weight excluding hydrogens is 447 g/mol. The Balaban J connectivity index is 1.59. The van der Waals surface area contributed by atoms with E-state index in [2.05, 4.69) is 127 Å². The second-order valence-corrected chi connectivity index (χ2v) is 10.8. The third-order valence-electron chi connectivity index (χ3n) is 8.53. The normalized spacial score (nSPS) is 14.1. The van der Waals surface area contributed by atoms with Crippen LogP contribution in [0.2, 0.25) is 0 Å². The Bertz CT molecular complexity index is 1820. The van der Waals surface area contributed by atoms with Crippen molar-refractivity contribution < 1.29 is 9.13 Å². The number of benzene rings is 3. The van der Waals surface area contributed by atoms with Crippen LogP contribution in [0.3, 0.4) is 0 Å². The number of rotatable bonds is 1. The zero-order valence-electron chi connectivity index (χ0n) is 21.4. The lowest BCUT2D eigenvalue weighted by Gasteiger charge is -2.20. The molecule has 2 nitrogen and oxygen atoms in total. The van der Waals surface area contributed by atoms with Gasteiger partial charge in [-0.2, -0.15) is 9.13 Å². The monoisotopic (exact) mass is 474 g/mol. The maximum atomic E-state index is 2.60. The summed E-state index contributed by atoms with van der Waals surface area (Å²) in [6, 6.07) is 36.4. The molecule has 3 heteroatoms. The van der Waals surface area contributed by atoms with Crippen molar-refractivity contribution >= 4 is 34.8 Å². The minimum absolute atomic E-state index is 0.118. The quantitative estimate of drug-likeness (QED) is 0.251. The third kappa shape index (κ3) is 2.72. The van der Waals surface area contributed by atoms with E-state index >= 15 is 0 Å². The molecule has 0 saturated heterocycles. The molecule has 3 aromatic carbocycles. The average molecular weight is 474 g/mol. The number of hydrogen-bond donors (Lipinski definition) is 0. The van der Waals surface area contributed by atoms with Crippen molar-refractivity contribution in [3.8, 4) is 22.5 Å². The summed E-state index contributed by atoms with van der Waals surface area (Å²) in [6.45, 7) is 6.89. The first-order chi connectivity index (χ1) is 18.1. The van der Waals surface area contributed by atoms with Crippen molar-refractivity contribution in [1.82, 2.24) is 0 Å². The van der Waals surface area contributed by atoms with E-state index < -0.39 is 0 Å². The highest BCUT2D eigenvalue weighted by molar-refractivity contribution is 6.94. The molecule has 5 aromatic rings.